The lowest BCUT2D eigenvalue weighted by atomic mass is 9.99. The van der Waals surface area contributed by atoms with E-state index in [0.29, 0.717) is 9.09 Å². The van der Waals surface area contributed by atoms with Crippen LogP contribution in [0, 0.1) is 5.41 Å². The number of thiophene rings is 1. The molecule has 0 atom stereocenters. The summed E-state index contributed by atoms with van der Waals surface area (Å²) in [5.41, 5.74) is 9.53. The van der Waals surface area contributed by atoms with Gasteiger partial charge in [0.15, 0.2) is 0 Å². The highest BCUT2D eigenvalue weighted by atomic mass is 32.2. The maximum Gasteiger partial charge on any atom is 0.490 e. The number of carboxylic acid groups (broad SMARTS) is 1. The molecule has 4 rings (SSSR count). The fourth-order valence-corrected chi connectivity index (χ4v) is 7.20. The minimum absolute atomic E-state index is 0.131. The molecule has 12 heteroatoms. The fourth-order valence-electron chi connectivity index (χ4n) is 3.30. The van der Waals surface area contributed by atoms with E-state index in [0.717, 1.165) is 22.3 Å². The Labute approximate surface area is 225 Å². The number of thioether (sulfide) groups is 1. The molecule has 0 radical (unpaired) electrons. The van der Waals surface area contributed by atoms with Crippen molar-refractivity contribution in [3.05, 3.63) is 89.8 Å². The number of nitrogens with one attached hydrogen (secondary N) is 1. The van der Waals surface area contributed by atoms with Crippen molar-refractivity contribution < 1.29 is 31.5 Å². The smallest absolute Gasteiger partial charge is 0.475 e. The largest absolute Gasteiger partial charge is 0.490 e. The molecule has 38 heavy (non-hydrogen) atoms. The predicted octanol–water partition coefficient (Wildman–Crippen LogP) is 6.55. The number of hydrogen-bond acceptors (Lipinski definition) is 6. The minimum atomic E-state index is -5.08. The summed E-state index contributed by atoms with van der Waals surface area (Å²) >= 11 is 2.57. The molecule has 198 valence electrons. The highest BCUT2D eigenvalue weighted by Gasteiger charge is 2.38. The number of nitrogen functional groups attached to an aromatic ring is 1. The van der Waals surface area contributed by atoms with Crippen LogP contribution in [0.4, 0.5) is 13.2 Å². The summed E-state index contributed by atoms with van der Waals surface area (Å²) in [6, 6.07) is 26.6. The van der Waals surface area contributed by atoms with Crippen LogP contribution in [-0.2, 0) is 14.6 Å². The van der Waals surface area contributed by atoms with Gasteiger partial charge in [-0.1, -0.05) is 60.7 Å². The van der Waals surface area contributed by atoms with Gasteiger partial charge in [-0.15, -0.1) is 23.1 Å². The van der Waals surface area contributed by atoms with E-state index in [-0.39, 0.29) is 15.6 Å². The molecule has 6 nitrogen and oxygen atoms in total. The van der Waals surface area contributed by atoms with E-state index in [4.69, 9.17) is 21.0 Å². The Morgan fingerprint density at radius 3 is 1.92 bits per heavy atom. The molecule has 0 bridgehead atoms. The molecule has 0 saturated carbocycles. The summed E-state index contributed by atoms with van der Waals surface area (Å²) in [7, 11) is -3.75. The average molecular weight is 579 g/mol. The third-order valence-electron chi connectivity index (χ3n) is 5.10. The summed E-state index contributed by atoms with van der Waals surface area (Å²) in [5, 5.41) is 14.8. The van der Waals surface area contributed by atoms with Crippen LogP contribution in [0.25, 0.3) is 22.3 Å². The van der Waals surface area contributed by atoms with Crippen molar-refractivity contribution in [1.82, 2.24) is 0 Å². The third-order valence-corrected chi connectivity index (χ3v) is 9.43. The summed E-state index contributed by atoms with van der Waals surface area (Å²) in [4.78, 5) is 9.77. The van der Waals surface area contributed by atoms with Crippen molar-refractivity contribution in [3.63, 3.8) is 0 Å². The second-order valence-corrected chi connectivity index (χ2v) is 11.7. The van der Waals surface area contributed by atoms with Gasteiger partial charge in [-0.3, -0.25) is 5.41 Å². The number of rotatable bonds is 6. The second-order valence-electron chi connectivity index (χ2n) is 7.66. The van der Waals surface area contributed by atoms with Crippen molar-refractivity contribution in [2.75, 3.05) is 6.26 Å². The van der Waals surface area contributed by atoms with Crippen molar-refractivity contribution in [1.29, 1.82) is 5.41 Å². The molecule has 0 aliphatic heterocycles. The van der Waals surface area contributed by atoms with Gasteiger partial charge in [0.2, 0.25) is 9.84 Å². The van der Waals surface area contributed by atoms with Gasteiger partial charge in [-0.25, -0.2) is 13.2 Å². The van der Waals surface area contributed by atoms with Crippen LogP contribution in [0.5, 0.6) is 0 Å². The number of amidine groups is 1. The van der Waals surface area contributed by atoms with E-state index >= 15 is 0 Å². The number of sulfone groups is 1. The van der Waals surface area contributed by atoms with Crippen molar-refractivity contribution in [2.24, 2.45) is 5.73 Å². The molecule has 0 saturated heterocycles. The molecule has 4 N–H and O–H groups in total. The maximum absolute atomic E-state index is 13.4. The van der Waals surface area contributed by atoms with E-state index in [2.05, 4.69) is 6.07 Å². The molecule has 0 amide bonds. The van der Waals surface area contributed by atoms with Gasteiger partial charge >= 0.3 is 12.1 Å². The number of halogens is 3. The zero-order valence-electron chi connectivity index (χ0n) is 19.7. The first-order valence-electron chi connectivity index (χ1n) is 10.7. The van der Waals surface area contributed by atoms with Gasteiger partial charge in [-0.05, 0) is 52.8 Å². The first-order chi connectivity index (χ1) is 17.8. The van der Waals surface area contributed by atoms with E-state index in [1.807, 2.05) is 60.9 Å². The predicted molar refractivity (Wildman–Crippen MR) is 144 cm³/mol. The first-order valence-corrected chi connectivity index (χ1v) is 14.2. The van der Waals surface area contributed by atoms with Gasteiger partial charge in [0.05, 0.1) is 18.9 Å². The number of alkyl halides is 3. The van der Waals surface area contributed by atoms with Crippen LogP contribution < -0.4 is 5.73 Å². The van der Waals surface area contributed by atoms with Crippen LogP contribution in [-0.4, -0.2) is 37.8 Å². The molecule has 1 heterocycles. The Morgan fingerprint density at radius 2 is 1.39 bits per heavy atom. The van der Waals surface area contributed by atoms with Crippen LogP contribution in [0.1, 0.15) is 4.88 Å². The van der Waals surface area contributed by atoms with E-state index in [1.165, 1.54) is 29.2 Å². The van der Waals surface area contributed by atoms with E-state index < -0.39 is 22.0 Å². The Hall–Kier alpha value is -3.61. The van der Waals surface area contributed by atoms with Crippen LogP contribution >= 0.6 is 23.1 Å². The first kappa shape index (κ1) is 29.0. The molecule has 0 unspecified atom stereocenters. The highest BCUT2D eigenvalue weighted by molar-refractivity contribution is 8.01. The standard InChI is InChI=1S/C24H20N2O2S3.C2HF3O2/c1-29-24-22(15-21(30-24)23(25)26)31(27,28)20-12-6-11-19(14-20)18-10-5-9-17(13-18)16-7-3-2-4-8-16;3-2(4,5)1(6)7/h2-15H,1H3,(H3,25,26);(H,6,7). The number of nitrogens with two attached hydrogens (primary N) is 1. The van der Waals surface area contributed by atoms with Gasteiger partial charge in [0.1, 0.15) is 5.84 Å². The maximum atomic E-state index is 13.4. The zero-order chi connectivity index (χ0) is 28.1. The fraction of sp³-hybridized carbons (Fsp3) is 0.0769. The zero-order valence-corrected chi connectivity index (χ0v) is 22.1. The van der Waals surface area contributed by atoms with Gasteiger partial charge in [-0.2, -0.15) is 13.2 Å². The molecule has 0 spiro atoms. The molecule has 3 aromatic carbocycles. The van der Waals surface area contributed by atoms with Crippen LogP contribution in [0.15, 0.2) is 98.9 Å². The summed E-state index contributed by atoms with van der Waals surface area (Å²) < 4.78 is 59.2. The Morgan fingerprint density at radius 1 is 0.895 bits per heavy atom. The molecule has 0 fully saturated rings. The molecular weight excluding hydrogens is 557 g/mol. The van der Waals surface area contributed by atoms with E-state index in [9.17, 15) is 21.6 Å². The number of hydrogen-bond donors (Lipinski definition) is 3. The molecule has 1 aromatic heterocycles. The minimum Gasteiger partial charge on any atom is -0.475 e. The highest BCUT2D eigenvalue weighted by Crippen LogP contribution is 2.37. The lowest BCUT2D eigenvalue weighted by Crippen LogP contribution is -2.21. The topological polar surface area (TPSA) is 121 Å². The van der Waals surface area contributed by atoms with Gasteiger partial charge in [0, 0.05) is 0 Å². The number of carbonyl (C=O) groups is 1. The quantitative estimate of drug-likeness (QED) is 0.135. The second kappa shape index (κ2) is 11.8. The van der Waals surface area contributed by atoms with Crippen LogP contribution in [0.3, 0.4) is 0 Å². The molecule has 0 aliphatic rings. The third kappa shape index (κ3) is 6.82. The molecular formula is C26H21F3N2O4S3. The summed E-state index contributed by atoms with van der Waals surface area (Å²) in [6.45, 7) is 0. The van der Waals surface area contributed by atoms with Crippen molar-refractivity contribution in [2.45, 2.75) is 20.2 Å². The normalized spacial score (nSPS) is 11.4. The number of benzene rings is 3. The van der Waals surface area contributed by atoms with Crippen LogP contribution in [0.2, 0.25) is 0 Å². The number of aliphatic carboxylic acids is 1. The average Bonchev–Trinajstić information content (AvgIpc) is 3.35. The van der Waals surface area contributed by atoms with E-state index in [1.54, 1.807) is 18.2 Å². The van der Waals surface area contributed by atoms with Gasteiger partial charge in [0.25, 0.3) is 0 Å². The summed E-state index contributed by atoms with van der Waals surface area (Å²) in [5.74, 6) is -2.89. The van der Waals surface area contributed by atoms with Crippen molar-refractivity contribution in [3.8, 4) is 22.3 Å². The molecule has 0 aliphatic carbocycles. The SMILES string of the molecule is CSc1sc(C(=N)N)cc1S(=O)(=O)c1cccc(-c2cccc(-c3ccccc3)c2)c1.O=C(O)C(F)(F)F. The Bertz CT molecular complexity index is 1570. The Balaban J connectivity index is 0.000000505. The molecule has 4 aromatic rings. The number of carboxylic acids is 1. The lowest BCUT2D eigenvalue weighted by Gasteiger charge is -2.09. The monoisotopic (exact) mass is 578 g/mol. The van der Waals surface area contributed by atoms with Gasteiger partial charge < -0.3 is 10.8 Å². The lowest BCUT2D eigenvalue weighted by molar-refractivity contribution is -0.192. The summed E-state index contributed by atoms with van der Waals surface area (Å²) in [6.07, 6.45) is -3.26. The van der Waals surface area contributed by atoms with Crippen molar-refractivity contribution >= 4 is 44.7 Å². The Kier molecular flexibility index (Phi) is 9.02.